The van der Waals surface area contributed by atoms with Crippen molar-refractivity contribution in [2.24, 2.45) is 11.1 Å². The molecule has 2 aliphatic rings. The largest absolute Gasteiger partial charge is 0.483 e. The number of carbonyl (C=O) groups is 4. The number of hydrogen-bond donors (Lipinski definition) is 3. The molecule has 1 aromatic heterocycles. The number of ether oxygens (including phenoxy) is 1. The average Bonchev–Trinajstić information content (AvgIpc) is 3.40. The van der Waals surface area contributed by atoms with E-state index in [1.54, 1.807) is 12.6 Å². The number of thiazole rings is 1. The molecule has 160 valence electrons. The summed E-state index contributed by atoms with van der Waals surface area (Å²) >= 11 is 1.48. The lowest BCUT2D eigenvalue weighted by molar-refractivity contribution is -0.138. The van der Waals surface area contributed by atoms with Crippen LogP contribution in [0.1, 0.15) is 31.4 Å². The number of carboxylic acid groups (broad SMARTS) is 1. The summed E-state index contributed by atoms with van der Waals surface area (Å²) in [6, 6.07) is -0.145. The number of hydrogen-bond acceptors (Lipinski definition) is 7. The molecule has 2 fully saturated rings. The molecular formula is C18H26N4O6S. The number of carbonyl (C=O) groups excluding carboxylic acids is 3. The number of rotatable bonds is 8. The molecule has 11 heteroatoms. The third-order valence-electron chi connectivity index (χ3n) is 5.40. The van der Waals surface area contributed by atoms with Crippen LogP contribution in [0.5, 0.6) is 0 Å². The highest BCUT2D eigenvalue weighted by atomic mass is 32.1. The topological polar surface area (TPSA) is 152 Å². The van der Waals surface area contributed by atoms with Crippen LogP contribution in [0.25, 0.3) is 0 Å². The van der Waals surface area contributed by atoms with Crippen LogP contribution in [0.15, 0.2) is 10.9 Å². The van der Waals surface area contributed by atoms with Crippen LogP contribution in [0.2, 0.25) is 0 Å². The molecule has 0 radical (unpaired) electrons. The maximum Gasteiger partial charge on any atom is 0.290 e. The van der Waals surface area contributed by atoms with Crippen LogP contribution in [-0.2, 0) is 30.3 Å². The summed E-state index contributed by atoms with van der Waals surface area (Å²) in [5.41, 5.74) is 6.98. The van der Waals surface area contributed by atoms with Gasteiger partial charge in [-0.15, -0.1) is 11.3 Å². The zero-order chi connectivity index (χ0) is 21.4. The van der Waals surface area contributed by atoms with Gasteiger partial charge in [-0.05, 0) is 19.3 Å². The second-order valence-electron chi connectivity index (χ2n) is 7.06. The van der Waals surface area contributed by atoms with Gasteiger partial charge in [0.15, 0.2) is 0 Å². The van der Waals surface area contributed by atoms with Gasteiger partial charge >= 0.3 is 0 Å². The molecule has 0 aliphatic carbocycles. The van der Waals surface area contributed by atoms with Crippen molar-refractivity contribution in [3.8, 4) is 0 Å². The molecule has 10 nitrogen and oxygen atoms in total. The van der Waals surface area contributed by atoms with E-state index < -0.39 is 11.3 Å². The number of fused-ring (bicyclic) bond motifs is 2. The lowest BCUT2D eigenvalue weighted by atomic mass is 9.70. The third kappa shape index (κ3) is 5.10. The van der Waals surface area contributed by atoms with Gasteiger partial charge in [0.05, 0.1) is 36.2 Å². The summed E-state index contributed by atoms with van der Waals surface area (Å²) in [5.74, 6) is -0.790. The Bertz CT molecular complexity index is 728. The van der Waals surface area contributed by atoms with Gasteiger partial charge in [0.25, 0.3) is 6.47 Å². The van der Waals surface area contributed by atoms with Gasteiger partial charge < -0.3 is 25.8 Å². The Morgan fingerprint density at radius 2 is 2.21 bits per heavy atom. The minimum absolute atomic E-state index is 0.0159. The second kappa shape index (κ2) is 10.3. The quantitative estimate of drug-likeness (QED) is 0.486. The molecule has 1 aromatic rings. The van der Waals surface area contributed by atoms with Crippen molar-refractivity contribution >= 4 is 35.5 Å². The van der Waals surface area contributed by atoms with Crippen molar-refractivity contribution in [1.82, 2.24) is 15.2 Å². The Morgan fingerprint density at radius 3 is 2.79 bits per heavy atom. The van der Waals surface area contributed by atoms with Crippen molar-refractivity contribution < 1.29 is 29.0 Å². The van der Waals surface area contributed by atoms with E-state index in [1.807, 2.05) is 10.3 Å². The monoisotopic (exact) mass is 426 g/mol. The first-order valence-electron chi connectivity index (χ1n) is 9.21. The van der Waals surface area contributed by atoms with Gasteiger partial charge in [-0.25, -0.2) is 4.98 Å². The summed E-state index contributed by atoms with van der Waals surface area (Å²) in [7, 11) is 1.57. The van der Waals surface area contributed by atoms with E-state index in [2.05, 4.69) is 10.3 Å². The Kier molecular flexibility index (Phi) is 8.09. The normalized spacial score (nSPS) is 24.5. The third-order valence-corrected chi connectivity index (χ3v) is 6.04. The summed E-state index contributed by atoms with van der Waals surface area (Å²) < 4.78 is 5.03. The molecule has 0 aromatic carbocycles. The van der Waals surface area contributed by atoms with Crippen LogP contribution >= 0.6 is 11.3 Å². The zero-order valence-corrected chi connectivity index (χ0v) is 17.0. The molecule has 4 N–H and O–H groups in total. The summed E-state index contributed by atoms with van der Waals surface area (Å²) in [5, 5.41) is 11.5. The number of aromatic nitrogens is 1. The molecule has 29 heavy (non-hydrogen) atoms. The maximum atomic E-state index is 13.1. The van der Waals surface area contributed by atoms with E-state index in [0.29, 0.717) is 25.9 Å². The number of methoxy groups -OCH3 is 1. The van der Waals surface area contributed by atoms with Crippen LogP contribution in [-0.4, -0.2) is 71.5 Å². The van der Waals surface area contributed by atoms with Crippen molar-refractivity contribution in [2.45, 2.75) is 44.2 Å². The fourth-order valence-corrected chi connectivity index (χ4v) is 4.94. The first-order chi connectivity index (χ1) is 13.9. The fraction of sp³-hybridized carbons (Fsp3) is 0.611. The summed E-state index contributed by atoms with van der Waals surface area (Å²) in [6.45, 7) is -0.0889. The summed E-state index contributed by atoms with van der Waals surface area (Å²) in [6.07, 6.45) is 3.01. The van der Waals surface area contributed by atoms with Crippen molar-refractivity contribution in [1.29, 1.82) is 0 Å². The average molecular weight is 426 g/mol. The molecule has 3 heterocycles. The summed E-state index contributed by atoms with van der Waals surface area (Å²) in [4.78, 5) is 51.4. The molecule has 0 spiro atoms. The lowest BCUT2D eigenvalue weighted by Crippen LogP contribution is -2.52. The van der Waals surface area contributed by atoms with Crippen molar-refractivity contribution in [2.75, 3.05) is 20.3 Å². The Labute approximate surface area is 172 Å². The van der Waals surface area contributed by atoms with Crippen LogP contribution in [0, 0.1) is 5.41 Å². The van der Waals surface area contributed by atoms with Gasteiger partial charge in [0.2, 0.25) is 17.7 Å². The van der Waals surface area contributed by atoms with E-state index in [-0.39, 0.29) is 36.9 Å². The van der Waals surface area contributed by atoms with Crippen molar-refractivity contribution in [3.63, 3.8) is 0 Å². The van der Waals surface area contributed by atoms with Gasteiger partial charge in [0.1, 0.15) is 0 Å². The highest BCUT2D eigenvalue weighted by Gasteiger charge is 2.61. The lowest BCUT2D eigenvalue weighted by Gasteiger charge is -2.35. The number of nitrogens with two attached hydrogens (primary N) is 1. The maximum absolute atomic E-state index is 13.1. The number of nitrogens with zero attached hydrogens (tertiary/aromatic N) is 2. The first-order valence-corrected chi connectivity index (χ1v) is 10.2. The Balaban J connectivity index is 0.000000941. The van der Waals surface area contributed by atoms with Crippen LogP contribution in [0.3, 0.4) is 0 Å². The standard InChI is InChI=1S/C17H24N4O4S.CH2O2/c1-25-5-4-15(23)21-12-2-3-13(21)17(7-12,6-11-9-26-10-20-11)16(24)19-8-14(18)22;2-1-3/h9-10,12-13H,2-8H2,1H3,(H2,18,22)(H,19,24);1H,(H,2,3)/t12-,13+,17+;/m1./s1. The molecule has 3 amide bonds. The molecule has 2 bridgehead atoms. The van der Waals surface area contributed by atoms with E-state index in [4.69, 9.17) is 20.4 Å². The van der Waals surface area contributed by atoms with Gasteiger partial charge in [-0.3, -0.25) is 19.2 Å². The zero-order valence-electron chi connectivity index (χ0n) is 16.2. The Hall–Kier alpha value is -2.53. The van der Waals surface area contributed by atoms with Crippen molar-refractivity contribution in [3.05, 3.63) is 16.6 Å². The number of nitrogens with one attached hydrogen (secondary N) is 1. The fourth-order valence-electron chi connectivity index (χ4n) is 4.38. The molecule has 3 atom stereocenters. The molecule has 3 rings (SSSR count). The smallest absolute Gasteiger partial charge is 0.290 e. The minimum atomic E-state index is -0.769. The minimum Gasteiger partial charge on any atom is -0.483 e. The molecule has 2 aliphatic heterocycles. The predicted octanol–water partition coefficient (Wildman–Crippen LogP) is -0.226. The number of amides is 3. The number of primary amides is 1. The van der Waals surface area contributed by atoms with Gasteiger partial charge in [-0.1, -0.05) is 0 Å². The second-order valence-corrected chi connectivity index (χ2v) is 7.78. The van der Waals surface area contributed by atoms with Gasteiger partial charge in [-0.2, -0.15) is 0 Å². The van der Waals surface area contributed by atoms with E-state index in [0.717, 1.165) is 18.5 Å². The predicted molar refractivity (Wildman–Crippen MR) is 104 cm³/mol. The van der Waals surface area contributed by atoms with E-state index >= 15 is 0 Å². The highest BCUT2D eigenvalue weighted by Crippen LogP contribution is 2.52. The first kappa shape index (κ1) is 22.8. The van der Waals surface area contributed by atoms with Gasteiger partial charge in [0, 0.05) is 31.0 Å². The van der Waals surface area contributed by atoms with Crippen LogP contribution < -0.4 is 11.1 Å². The molecular weight excluding hydrogens is 400 g/mol. The molecule has 0 saturated carbocycles. The SMILES string of the molecule is COCCC(=O)N1[C@@H]2CC[C@H]1[C@@](Cc1cscn1)(C(=O)NCC(N)=O)C2.O=CO. The van der Waals surface area contributed by atoms with E-state index in [1.165, 1.54) is 11.3 Å². The van der Waals surface area contributed by atoms with E-state index in [9.17, 15) is 14.4 Å². The Morgan fingerprint density at radius 1 is 1.48 bits per heavy atom. The highest BCUT2D eigenvalue weighted by molar-refractivity contribution is 7.07. The van der Waals surface area contributed by atoms with Crippen LogP contribution in [0.4, 0.5) is 0 Å². The molecule has 2 saturated heterocycles. The molecule has 0 unspecified atom stereocenters.